The highest BCUT2D eigenvalue weighted by Crippen LogP contribution is 2.36. The zero-order valence-electron chi connectivity index (χ0n) is 17.0. The molecule has 0 fully saturated rings. The van der Waals surface area contributed by atoms with Crippen molar-refractivity contribution in [3.63, 3.8) is 0 Å². The smallest absolute Gasteiger partial charge is 0.284 e. The van der Waals surface area contributed by atoms with Crippen LogP contribution >= 0.6 is 0 Å². The molecule has 1 unspecified atom stereocenters. The second-order valence-electron chi connectivity index (χ2n) is 7.79. The van der Waals surface area contributed by atoms with Crippen molar-refractivity contribution >= 4 is 23.9 Å². The number of carbonyl (C=O) groups excluding carboxylic acids is 1. The minimum absolute atomic E-state index is 0.00624. The van der Waals surface area contributed by atoms with E-state index in [2.05, 4.69) is 31.3 Å². The molecule has 8 nitrogen and oxygen atoms in total. The van der Waals surface area contributed by atoms with Crippen LogP contribution in [-0.2, 0) is 10.2 Å². The molecule has 1 N–H and O–H groups in total. The van der Waals surface area contributed by atoms with Crippen molar-refractivity contribution in [2.75, 3.05) is 6.61 Å². The Hall–Kier alpha value is -3.68. The summed E-state index contributed by atoms with van der Waals surface area (Å²) in [5.41, 5.74) is 4.09. The number of nitro benzene ring substituents is 1. The molecule has 0 saturated carbocycles. The van der Waals surface area contributed by atoms with Gasteiger partial charge in [0.1, 0.15) is 6.61 Å². The Bertz CT molecular complexity index is 1010. The summed E-state index contributed by atoms with van der Waals surface area (Å²) in [6.07, 6.45) is 3.78. The van der Waals surface area contributed by atoms with E-state index >= 15 is 0 Å². The van der Waals surface area contributed by atoms with E-state index in [0.29, 0.717) is 17.1 Å². The molecule has 0 bridgehead atoms. The quantitative estimate of drug-likeness (QED) is 0.459. The van der Waals surface area contributed by atoms with Gasteiger partial charge >= 0.3 is 0 Å². The number of rotatable bonds is 5. The molecule has 1 amide bonds. The highest BCUT2D eigenvalue weighted by Gasteiger charge is 2.28. The summed E-state index contributed by atoms with van der Waals surface area (Å²) in [7, 11) is 0. The predicted molar refractivity (Wildman–Crippen MR) is 114 cm³/mol. The molecular weight excluding hydrogens is 386 g/mol. The summed E-state index contributed by atoms with van der Waals surface area (Å²) < 4.78 is 11.4. The van der Waals surface area contributed by atoms with E-state index in [1.807, 2.05) is 18.2 Å². The van der Waals surface area contributed by atoms with Crippen molar-refractivity contribution in [2.45, 2.75) is 32.3 Å². The molecule has 1 aliphatic rings. The van der Waals surface area contributed by atoms with Gasteiger partial charge in [-0.2, -0.15) is 5.10 Å². The van der Waals surface area contributed by atoms with Gasteiger partial charge in [-0.25, -0.2) is 5.43 Å². The first-order valence-electron chi connectivity index (χ1n) is 9.42. The fourth-order valence-electron chi connectivity index (χ4n) is 2.78. The van der Waals surface area contributed by atoms with Gasteiger partial charge in [0.25, 0.3) is 11.6 Å². The van der Waals surface area contributed by atoms with Crippen molar-refractivity contribution in [3.05, 3.63) is 69.8 Å². The van der Waals surface area contributed by atoms with Crippen LogP contribution in [0, 0.1) is 10.1 Å². The number of carbonyl (C=O) groups is 1. The average Bonchev–Trinajstić information content (AvgIpc) is 2.72. The fraction of sp³-hybridized carbons (Fsp3) is 0.273. The van der Waals surface area contributed by atoms with E-state index in [4.69, 9.17) is 9.47 Å². The van der Waals surface area contributed by atoms with Gasteiger partial charge in [-0.15, -0.1) is 0 Å². The molecule has 8 heteroatoms. The summed E-state index contributed by atoms with van der Waals surface area (Å²) in [6, 6.07) is 11.9. The zero-order valence-corrected chi connectivity index (χ0v) is 17.0. The third kappa shape index (κ3) is 5.22. The van der Waals surface area contributed by atoms with E-state index in [-0.39, 0.29) is 17.7 Å². The summed E-state index contributed by atoms with van der Waals surface area (Å²) in [4.78, 5) is 22.6. The molecule has 0 aliphatic carbocycles. The van der Waals surface area contributed by atoms with Crippen LogP contribution in [-0.4, -0.2) is 29.8 Å². The second-order valence-corrected chi connectivity index (χ2v) is 7.79. The molecule has 0 saturated heterocycles. The topological polar surface area (TPSA) is 103 Å². The third-order valence-corrected chi connectivity index (χ3v) is 4.47. The van der Waals surface area contributed by atoms with E-state index in [1.165, 1.54) is 18.3 Å². The monoisotopic (exact) mass is 409 g/mol. The van der Waals surface area contributed by atoms with Gasteiger partial charge < -0.3 is 9.47 Å². The molecule has 1 aliphatic heterocycles. The number of non-ortho nitro benzene ring substituents is 1. The Morgan fingerprint density at radius 3 is 2.77 bits per heavy atom. The Balaban J connectivity index is 1.57. The standard InChI is InChI=1S/C22H23N3O5/c1-22(2,3)16-9-10-18-19(13-16)30-20(14-29-18)21(26)24-23-11-5-7-15-6-4-8-17(12-15)25(27)28/h4-13,20H,14H2,1-3H3,(H,24,26). The largest absolute Gasteiger partial charge is 0.485 e. The first kappa shape index (κ1) is 21.0. The van der Waals surface area contributed by atoms with Crippen LogP contribution in [0.3, 0.4) is 0 Å². The lowest BCUT2D eigenvalue weighted by Gasteiger charge is -2.27. The highest BCUT2D eigenvalue weighted by atomic mass is 16.6. The van der Waals surface area contributed by atoms with Gasteiger partial charge in [-0.05, 0) is 34.8 Å². The van der Waals surface area contributed by atoms with Crippen molar-refractivity contribution in [2.24, 2.45) is 5.10 Å². The van der Waals surface area contributed by atoms with Gasteiger partial charge in [-0.1, -0.05) is 45.0 Å². The van der Waals surface area contributed by atoms with Crippen LogP contribution < -0.4 is 14.9 Å². The van der Waals surface area contributed by atoms with Crippen LogP contribution in [0.2, 0.25) is 0 Å². The number of hydrazone groups is 1. The van der Waals surface area contributed by atoms with E-state index in [0.717, 1.165) is 5.56 Å². The van der Waals surface area contributed by atoms with Gasteiger partial charge in [0.2, 0.25) is 6.10 Å². The van der Waals surface area contributed by atoms with Gasteiger partial charge in [0.05, 0.1) is 4.92 Å². The lowest BCUT2D eigenvalue weighted by Crippen LogP contribution is -2.42. The van der Waals surface area contributed by atoms with E-state index < -0.39 is 16.9 Å². The van der Waals surface area contributed by atoms with Crippen molar-refractivity contribution in [1.82, 2.24) is 5.43 Å². The normalized spacial score (nSPS) is 16.0. The van der Waals surface area contributed by atoms with Crippen LogP contribution in [0.15, 0.2) is 53.6 Å². The number of benzene rings is 2. The Labute approximate surface area is 174 Å². The maximum Gasteiger partial charge on any atom is 0.284 e. The van der Waals surface area contributed by atoms with Gasteiger partial charge in [-0.3, -0.25) is 14.9 Å². The highest BCUT2D eigenvalue weighted by molar-refractivity contribution is 5.84. The molecule has 0 spiro atoms. The number of hydrogen-bond acceptors (Lipinski definition) is 6. The lowest BCUT2D eigenvalue weighted by molar-refractivity contribution is -0.384. The zero-order chi connectivity index (χ0) is 21.7. The summed E-state index contributed by atoms with van der Waals surface area (Å²) in [6.45, 7) is 6.38. The molecule has 156 valence electrons. The van der Waals surface area contributed by atoms with E-state index in [9.17, 15) is 14.9 Å². The fourth-order valence-corrected chi connectivity index (χ4v) is 2.78. The Kier molecular flexibility index (Phi) is 6.15. The summed E-state index contributed by atoms with van der Waals surface area (Å²) in [5.74, 6) is 0.709. The van der Waals surface area contributed by atoms with Gasteiger partial charge in [0, 0.05) is 18.3 Å². The summed E-state index contributed by atoms with van der Waals surface area (Å²) in [5, 5.41) is 14.6. The van der Waals surface area contributed by atoms with E-state index in [1.54, 1.807) is 24.3 Å². The molecule has 2 aromatic carbocycles. The van der Waals surface area contributed by atoms with Crippen LogP contribution in [0.5, 0.6) is 11.5 Å². The number of allylic oxidation sites excluding steroid dienone is 1. The number of ether oxygens (including phenoxy) is 2. The Morgan fingerprint density at radius 1 is 1.23 bits per heavy atom. The van der Waals surface area contributed by atoms with Crippen LogP contribution in [0.4, 0.5) is 5.69 Å². The maximum atomic E-state index is 12.3. The van der Waals surface area contributed by atoms with Crippen LogP contribution in [0.1, 0.15) is 31.9 Å². The third-order valence-electron chi connectivity index (χ3n) is 4.47. The van der Waals surface area contributed by atoms with Crippen molar-refractivity contribution in [1.29, 1.82) is 0 Å². The Morgan fingerprint density at radius 2 is 2.03 bits per heavy atom. The molecular formula is C22H23N3O5. The number of fused-ring (bicyclic) bond motifs is 1. The second kappa shape index (κ2) is 8.77. The molecule has 1 atom stereocenters. The molecule has 0 radical (unpaired) electrons. The molecule has 3 rings (SSSR count). The lowest BCUT2D eigenvalue weighted by atomic mass is 9.87. The average molecular weight is 409 g/mol. The number of nitro groups is 1. The SMILES string of the molecule is CC(C)(C)c1ccc2c(c1)OC(C(=O)NN=CC=Cc1cccc([N+](=O)[O-])c1)CO2. The molecule has 2 aromatic rings. The van der Waals surface area contributed by atoms with Crippen LogP contribution in [0.25, 0.3) is 6.08 Å². The van der Waals surface area contributed by atoms with Gasteiger partial charge in [0.15, 0.2) is 11.5 Å². The summed E-state index contributed by atoms with van der Waals surface area (Å²) >= 11 is 0. The predicted octanol–water partition coefficient (Wildman–Crippen LogP) is 3.85. The number of amides is 1. The maximum absolute atomic E-state index is 12.3. The molecule has 1 heterocycles. The minimum atomic E-state index is -0.814. The first-order valence-corrected chi connectivity index (χ1v) is 9.42. The van der Waals surface area contributed by atoms with Crippen molar-refractivity contribution in [3.8, 4) is 11.5 Å². The van der Waals surface area contributed by atoms with Crippen molar-refractivity contribution < 1.29 is 19.2 Å². The number of nitrogens with one attached hydrogen (secondary N) is 1. The number of nitrogens with zero attached hydrogens (tertiary/aromatic N) is 2. The minimum Gasteiger partial charge on any atom is -0.485 e. The number of hydrogen-bond donors (Lipinski definition) is 1. The molecule has 30 heavy (non-hydrogen) atoms. The molecule has 0 aromatic heterocycles. The first-order chi connectivity index (χ1) is 14.2.